The number of hydrogen-bond acceptors (Lipinski definition) is 1. The molecular formula is C8H14N2. The molecule has 0 fully saturated rings. The second-order valence-electron chi connectivity index (χ2n) is 2.73. The summed E-state index contributed by atoms with van der Waals surface area (Å²) in [6.07, 6.45) is 5.24. The number of hydrogen-bond donors (Lipinski definition) is 0. The van der Waals surface area contributed by atoms with Crippen LogP contribution in [0.1, 0.15) is 20.3 Å². The zero-order valence-corrected chi connectivity index (χ0v) is 6.83. The standard InChI is InChI=1S/C8H14N2/c1-7(2)10-6-4-5-8(10)9-3/h4,6-7H,5H2,1-3H3/b9-8-. The molecule has 0 saturated heterocycles. The lowest BCUT2D eigenvalue weighted by atomic mass is 10.3. The van der Waals surface area contributed by atoms with E-state index in [1.165, 1.54) is 5.84 Å². The third-order valence-electron chi connectivity index (χ3n) is 1.68. The fraction of sp³-hybridized carbons (Fsp3) is 0.625. The molecule has 0 amide bonds. The van der Waals surface area contributed by atoms with Crippen molar-refractivity contribution in [2.75, 3.05) is 7.05 Å². The molecule has 56 valence electrons. The van der Waals surface area contributed by atoms with Crippen LogP contribution in [0.5, 0.6) is 0 Å². The van der Waals surface area contributed by atoms with Crippen LogP contribution in [0.2, 0.25) is 0 Å². The Labute approximate surface area is 62.3 Å². The molecule has 2 heteroatoms. The van der Waals surface area contributed by atoms with E-state index in [2.05, 4.69) is 36.0 Å². The van der Waals surface area contributed by atoms with Crippen molar-refractivity contribution in [1.82, 2.24) is 4.90 Å². The van der Waals surface area contributed by atoms with Gasteiger partial charge in [0.1, 0.15) is 5.84 Å². The van der Waals surface area contributed by atoms with E-state index in [0.29, 0.717) is 6.04 Å². The molecule has 0 aliphatic carbocycles. The molecule has 0 aromatic heterocycles. The van der Waals surface area contributed by atoms with Gasteiger partial charge in [0.15, 0.2) is 0 Å². The summed E-state index contributed by atoms with van der Waals surface area (Å²) in [5.41, 5.74) is 0. The lowest BCUT2D eigenvalue weighted by Gasteiger charge is -2.20. The van der Waals surface area contributed by atoms with E-state index in [4.69, 9.17) is 0 Å². The molecule has 0 bridgehead atoms. The molecule has 0 unspecified atom stereocenters. The Morgan fingerprint density at radius 2 is 2.30 bits per heavy atom. The predicted molar refractivity (Wildman–Crippen MR) is 44.1 cm³/mol. The minimum atomic E-state index is 0.539. The van der Waals surface area contributed by atoms with Crippen LogP contribution in [-0.2, 0) is 0 Å². The summed E-state index contributed by atoms with van der Waals surface area (Å²) in [7, 11) is 1.84. The largest absolute Gasteiger partial charge is 0.334 e. The van der Waals surface area contributed by atoms with Gasteiger partial charge in [-0.1, -0.05) is 6.08 Å². The number of amidine groups is 1. The second kappa shape index (κ2) is 2.86. The van der Waals surface area contributed by atoms with Crippen molar-refractivity contribution in [3.8, 4) is 0 Å². The maximum atomic E-state index is 4.17. The summed E-state index contributed by atoms with van der Waals surface area (Å²) in [5.74, 6) is 1.18. The average molecular weight is 138 g/mol. The molecule has 1 heterocycles. The minimum Gasteiger partial charge on any atom is -0.334 e. The van der Waals surface area contributed by atoms with Crippen LogP contribution in [-0.4, -0.2) is 23.8 Å². The maximum absolute atomic E-state index is 4.17. The van der Waals surface area contributed by atoms with Gasteiger partial charge in [-0.2, -0.15) is 0 Å². The lowest BCUT2D eigenvalue weighted by molar-refractivity contribution is 0.464. The van der Waals surface area contributed by atoms with Crippen molar-refractivity contribution in [1.29, 1.82) is 0 Å². The van der Waals surface area contributed by atoms with Gasteiger partial charge in [-0.05, 0) is 13.8 Å². The van der Waals surface area contributed by atoms with E-state index in [-0.39, 0.29) is 0 Å². The highest BCUT2D eigenvalue weighted by molar-refractivity contribution is 5.86. The fourth-order valence-corrected chi connectivity index (χ4v) is 1.14. The summed E-state index contributed by atoms with van der Waals surface area (Å²) in [5, 5.41) is 0. The summed E-state index contributed by atoms with van der Waals surface area (Å²) >= 11 is 0. The topological polar surface area (TPSA) is 15.6 Å². The molecule has 1 rings (SSSR count). The van der Waals surface area contributed by atoms with Crippen LogP contribution in [0.15, 0.2) is 17.3 Å². The summed E-state index contributed by atoms with van der Waals surface area (Å²) < 4.78 is 0. The Bertz CT molecular complexity index is 168. The van der Waals surface area contributed by atoms with Crippen molar-refractivity contribution < 1.29 is 0 Å². The van der Waals surface area contributed by atoms with Crippen LogP contribution in [0, 0.1) is 0 Å². The summed E-state index contributed by atoms with van der Waals surface area (Å²) in [4.78, 5) is 6.36. The zero-order chi connectivity index (χ0) is 7.56. The van der Waals surface area contributed by atoms with Gasteiger partial charge in [-0.3, -0.25) is 4.99 Å². The lowest BCUT2D eigenvalue weighted by Crippen LogP contribution is -2.28. The first kappa shape index (κ1) is 7.32. The molecule has 0 spiro atoms. The quantitative estimate of drug-likeness (QED) is 0.538. The Morgan fingerprint density at radius 1 is 1.60 bits per heavy atom. The highest BCUT2D eigenvalue weighted by Gasteiger charge is 2.14. The highest BCUT2D eigenvalue weighted by atomic mass is 15.2. The molecule has 0 aromatic carbocycles. The van der Waals surface area contributed by atoms with Gasteiger partial charge >= 0.3 is 0 Å². The van der Waals surface area contributed by atoms with Gasteiger partial charge in [-0.25, -0.2) is 0 Å². The Hall–Kier alpha value is -0.790. The Balaban J connectivity index is 2.67. The minimum absolute atomic E-state index is 0.539. The fourth-order valence-electron chi connectivity index (χ4n) is 1.14. The Morgan fingerprint density at radius 3 is 2.70 bits per heavy atom. The smallest absolute Gasteiger partial charge is 0.107 e. The van der Waals surface area contributed by atoms with Crippen LogP contribution in [0.4, 0.5) is 0 Å². The molecule has 0 atom stereocenters. The molecule has 0 saturated carbocycles. The zero-order valence-electron chi connectivity index (χ0n) is 6.83. The predicted octanol–water partition coefficient (Wildman–Crippen LogP) is 1.64. The molecule has 1 aliphatic heterocycles. The first-order valence-corrected chi connectivity index (χ1v) is 3.66. The first-order chi connectivity index (χ1) is 4.75. The van der Waals surface area contributed by atoms with E-state index < -0.39 is 0 Å². The number of aliphatic imine (C=N–C) groups is 1. The third kappa shape index (κ3) is 1.20. The van der Waals surface area contributed by atoms with Crippen molar-refractivity contribution in [3.05, 3.63) is 12.3 Å². The van der Waals surface area contributed by atoms with Crippen LogP contribution >= 0.6 is 0 Å². The van der Waals surface area contributed by atoms with Crippen molar-refractivity contribution in [2.45, 2.75) is 26.3 Å². The van der Waals surface area contributed by atoms with Crippen LogP contribution in [0.25, 0.3) is 0 Å². The molecule has 1 aliphatic rings. The first-order valence-electron chi connectivity index (χ1n) is 3.66. The van der Waals surface area contributed by atoms with Crippen LogP contribution in [0.3, 0.4) is 0 Å². The van der Waals surface area contributed by atoms with Gasteiger partial charge in [0, 0.05) is 25.7 Å². The van der Waals surface area contributed by atoms with Gasteiger partial charge in [0.25, 0.3) is 0 Å². The third-order valence-corrected chi connectivity index (χ3v) is 1.68. The monoisotopic (exact) mass is 138 g/mol. The van der Waals surface area contributed by atoms with Gasteiger partial charge in [-0.15, -0.1) is 0 Å². The van der Waals surface area contributed by atoms with Crippen molar-refractivity contribution >= 4 is 5.84 Å². The molecule has 0 N–H and O–H groups in total. The maximum Gasteiger partial charge on any atom is 0.107 e. The van der Waals surface area contributed by atoms with E-state index in [9.17, 15) is 0 Å². The number of nitrogens with zero attached hydrogens (tertiary/aromatic N) is 2. The van der Waals surface area contributed by atoms with Crippen molar-refractivity contribution in [2.24, 2.45) is 4.99 Å². The molecule has 2 nitrogen and oxygen atoms in total. The SMILES string of the molecule is C/N=C1/CC=CN1C(C)C. The molecular weight excluding hydrogens is 124 g/mol. The second-order valence-corrected chi connectivity index (χ2v) is 2.73. The molecule has 0 aromatic rings. The van der Waals surface area contributed by atoms with Crippen LogP contribution < -0.4 is 0 Å². The van der Waals surface area contributed by atoms with E-state index in [0.717, 1.165) is 6.42 Å². The van der Waals surface area contributed by atoms with Crippen molar-refractivity contribution in [3.63, 3.8) is 0 Å². The Kier molecular flexibility index (Phi) is 2.10. The van der Waals surface area contributed by atoms with E-state index in [1.807, 2.05) is 7.05 Å². The molecule has 10 heavy (non-hydrogen) atoms. The normalized spacial score (nSPS) is 21.6. The van der Waals surface area contributed by atoms with E-state index >= 15 is 0 Å². The number of rotatable bonds is 1. The molecule has 0 radical (unpaired) electrons. The summed E-state index contributed by atoms with van der Waals surface area (Å²) in [6, 6.07) is 0.539. The average Bonchev–Trinajstić information content (AvgIpc) is 2.33. The van der Waals surface area contributed by atoms with Gasteiger partial charge < -0.3 is 4.90 Å². The van der Waals surface area contributed by atoms with E-state index in [1.54, 1.807) is 0 Å². The highest BCUT2D eigenvalue weighted by Crippen LogP contribution is 2.11. The van der Waals surface area contributed by atoms with Gasteiger partial charge in [0.05, 0.1) is 0 Å². The summed E-state index contributed by atoms with van der Waals surface area (Å²) in [6.45, 7) is 4.34. The van der Waals surface area contributed by atoms with Gasteiger partial charge in [0.2, 0.25) is 0 Å².